The van der Waals surface area contributed by atoms with E-state index in [0.717, 1.165) is 25.2 Å². The maximum atomic E-state index is 11.3. The van der Waals surface area contributed by atoms with E-state index in [1.165, 1.54) is 12.8 Å². The van der Waals surface area contributed by atoms with Crippen LogP contribution in [0, 0.1) is 11.8 Å². The summed E-state index contributed by atoms with van der Waals surface area (Å²) >= 11 is 0. The van der Waals surface area contributed by atoms with Crippen LogP contribution >= 0.6 is 0 Å². The minimum atomic E-state index is -0.681. The molecule has 0 bridgehead atoms. The molecule has 0 aromatic heterocycles. The Morgan fingerprint density at radius 3 is 2.38 bits per heavy atom. The van der Waals surface area contributed by atoms with Crippen LogP contribution in [0.15, 0.2) is 0 Å². The van der Waals surface area contributed by atoms with Gasteiger partial charge in [-0.2, -0.15) is 0 Å². The Morgan fingerprint density at radius 2 is 1.94 bits per heavy atom. The number of carboxylic acids is 1. The highest BCUT2D eigenvalue weighted by atomic mass is 16.4. The maximum absolute atomic E-state index is 11.3. The van der Waals surface area contributed by atoms with Crippen LogP contribution in [-0.2, 0) is 4.79 Å². The van der Waals surface area contributed by atoms with Crippen LogP contribution in [0.25, 0.3) is 0 Å². The van der Waals surface area contributed by atoms with Gasteiger partial charge in [0.15, 0.2) is 0 Å². The number of carbonyl (C=O) groups is 1. The number of carboxylic acid groups (broad SMARTS) is 1. The first-order valence-electron chi connectivity index (χ1n) is 6.53. The lowest BCUT2D eigenvalue weighted by atomic mass is 9.79. The van der Waals surface area contributed by atoms with Crippen molar-refractivity contribution in [3.05, 3.63) is 0 Å². The molecule has 0 radical (unpaired) electrons. The largest absolute Gasteiger partial charge is 0.480 e. The topological polar surface area (TPSA) is 49.3 Å². The van der Waals surface area contributed by atoms with Crippen molar-refractivity contribution in [3.8, 4) is 0 Å². The predicted octanol–water partition coefficient (Wildman–Crippen LogP) is 2.65. The van der Waals surface area contributed by atoms with Gasteiger partial charge in [0.25, 0.3) is 0 Å². The summed E-state index contributed by atoms with van der Waals surface area (Å²) in [5.41, 5.74) is 0. The average molecular weight is 227 g/mol. The molecule has 2 unspecified atom stereocenters. The number of hydrogen-bond donors (Lipinski definition) is 2. The van der Waals surface area contributed by atoms with Crippen molar-refractivity contribution in [2.45, 2.75) is 65.0 Å². The fraction of sp³-hybridized carbons (Fsp3) is 0.923. The standard InChI is InChI=1S/C13H25NO2/c1-4-10(3)14-12(13(15)16)11-7-5-9(2)6-8-11/h9-12,14H,4-8H2,1-3H3,(H,15,16). The third kappa shape index (κ3) is 3.78. The number of rotatable bonds is 5. The molecule has 0 saturated heterocycles. The van der Waals surface area contributed by atoms with Crippen LogP contribution in [0.3, 0.4) is 0 Å². The van der Waals surface area contributed by atoms with Crippen LogP contribution in [0.2, 0.25) is 0 Å². The zero-order valence-electron chi connectivity index (χ0n) is 10.7. The van der Waals surface area contributed by atoms with Gasteiger partial charge < -0.3 is 10.4 Å². The zero-order valence-corrected chi connectivity index (χ0v) is 10.7. The summed E-state index contributed by atoms with van der Waals surface area (Å²) in [7, 11) is 0. The molecule has 1 fully saturated rings. The first-order chi connectivity index (χ1) is 7.54. The summed E-state index contributed by atoms with van der Waals surface area (Å²) in [5, 5.41) is 12.5. The van der Waals surface area contributed by atoms with Gasteiger partial charge in [0.2, 0.25) is 0 Å². The minimum Gasteiger partial charge on any atom is -0.480 e. The highest BCUT2D eigenvalue weighted by molar-refractivity contribution is 5.73. The summed E-state index contributed by atoms with van der Waals surface area (Å²) < 4.78 is 0. The Bertz CT molecular complexity index is 222. The Labute approximate surface area is 98.6 Å². The number of hydrogen-bond acceptors (Lipinski definition) is 2. The van der Waals surface area contributed by atoms with Crippen molar-refractivity contribution in [2.75, 3.05) is 0 Å². The molecule has 0 aromatic carbocycles. The summed E-state index contributed by atoms with van der Waals surface area (Å²) in [6.07, 6.45) is 5.45. The lowest BCUT2D eigenvalue weighted by Gasteiger charge is -2.32. The van der Waals surface area contributed by atoms with Gasteiger partial charge in [0, 0.05) is 6.04 Å². The maximum Gasteiger partial charge on any atom is 0.320 e. The van der Waals surface area contributed by atoms with Gasteiger partial charge in [-0.1, -0.05) is 26.7 Å². The average Bonchev–Trinajstić information content (AvgIpc) is 2.26. The van der Waals surface area contributed by atoms with Crippen molar-refractivity contribution in [3.63, 3.8) is 0 Å². The summed E-state index contributed by atoms with van der Waals surface area (Å²) in [4.78, 5) is 11.3. The second kappa shape index (κ2) is 6.24. The molecule has 16 heavy (non-hydrogen) atoms. The van der Waals surface area contributed by atoms with E-state index in [0.29, 0.717) is 12.0 Å². The van der Waals surface area contributed by atoms with E-state index in [9.17, 15) is 9.90 Å². The lowest BCUT2D eigenvalue weighted by Crippen LogP contribution is -2.47. The van der Waals surface area contributed by atoms with Gasteiger partial charge in [-0.3, -0.25) is 4.79 Å². The van der Waals surface area contributed by atoms with Crippen LogP contribution < -0.4 is 5.32 Å². The Morgan fingerprint density at radius 1 is 1.38 bits per heavy atom. The van der Waals surface area contributed by atoms with Gasteiger partial charge in [-0.15, -0.1) is 0 Å². The van der Waals surface area contributed by atoms with E-state index in [1.54, 1.807) is 0 Å². The second-order valence-electron chi connectivity index (χ2n) is 5.31. The molecule has 2 N–H and O–H groups in total. The van der Waals surface area contributed by atoms with Crippen molar-refractivity contribution in [2.24, 2.45) is 11.8 Å². The molecule has 1 saturated carbocycles. The third-order valence-corrected chi connectivity index (χ3v) is 3.87. The Hall–Kier alpha value is -0.570. The molecule has 3 nitrogen and oxygen atoms in total. The molecule has 0 heterocycles. The molecular weight excluding hydrogens is 202 g/mol. The lowest BCUT2D eigenvalue weighted by molar-refractivity contribution is -0.141. The molecule has 1 rings (SSSR count). The van der Waals surface area contributed by atoms with E-state index in [4.69, 9.17) is 0 Å². The molecule has 0 amide bonds. The SMILES string of the molecule is CCC(C)NC(C(=O)O)C1CCC(C)CC1. The first-order valence-corrected chi connectivity index (χ1v) is 6.53. The van der Waals surface area contributed by atoms with Crippen molar-refractivity contribution >= 4 is 5.97 Å². The first kappa shape index (κ1) is 13.5. The molecule has 0 aliphatic heterocycles. The zero-order chi connectivity index (χ0) is 12.1. The van der Waals surface area contributed by atoms with E-state index >= 15 is 0 Å². The van der Waals surface area contributed by atoms with Crippen LogP contribution in [0.1, 0.15) is 52.9 Å². The fourth-order valence-electron chi connectivity index (χ4n) is 2.45. The van der Waals surface area contributed by atoms with Gasteiger partial charge in [0.1, 0.15) is 6.04 Å². The second-order valence-corrected chi connectivity index (χ2v) is 5.31. The Balaban J connectivity index is 2.53. The van der Waals surface area contributed by atoms with Gasteiger partial charge in [-0.05, 0) is 38.0 Å². The third-order valence-electron chi connectivity index (χ3n) is 3.87. The molecule has 2 atom stereocenters. The van der Waals surface area contributed by atoms with E-state index in [1.807, 2.05) is 0 Å². The monoisotopic (exact) mass is 227 g/mol. The van der Waals surface area contributed by atoms with Gasteiger partial charge in [-0.25, -0.2) is 0 Å². The number of nitrogens with one attached hydrogen (secondary N) is 1. The molecule has 1 aliphatic carbocycles. The highest BCUT2D eigenvalue weighted by Crippen LogP contribution is 2.30. The van der Waals surface area contributed by atoms with Crippen molar-refractivity contribution in [1.82, 2.24) is 5.32 Å². The predicted molar refractivity (Wildman–Crippen MR) is 65.4 cm³/mol. The quantitative estimate of drug-likeness (QED) is 0.759. The molecule has 1 aliphatic rings. The van der Waals surface area contributed by atoms with E-state index < -0.39 is 5.97 Å². The normalized spacial score (nSPS) is 29.7. The Kier molecular flexibility index (Phi) is 5.26. The number of aliphatic carboxylic acids is 1. The summed E-state index contributed by atoms with van der Waals surface area (Å²) in [6, 6.07) is -0.0529. The van der Waals surface area contributed by atoms with E-state index in [-0.39, 0.29) is 6.04 Å². The summed E-state index contributed by atoms with van der Waals surface area (Å²) in [5.74, 6) is 0.414. The van der Waals surface area contributed by atoms with Crippen LogP contribution in [-0.4, -0.2) is 23.2 Å². The fourth-order valence-corrected chi connectivity index (χ4v) is 2.45. The highest BCUT2D eigenvalue weighted by Gasteiger charge is 2.31. The van der Waals surface area contributed by atoms with Gasteiger partial charge in [0.05, 0.1) is 0 Å². The molecule has 3 heteroatoms. The van der Waals surface area contributed by atoms with Crippen molar-refractivity contribution in [1.29, 1.82) is 0 Å². The molecular formula is C13H25NO2. The molecule has 0 aromatic rings. The van der Waals surface area contributed by atoms with Crippen LogP contribution in [0.5, 0.6) is 0 Å². The minimum absolute atomic E-state index is 0.292. The summed E-state index contributed by atoms with van der Waals surface area (Å²) in [6.45, 7) is 6.40. The smallest absolute Gasteiger partial charge is 0.320 e. The molecule has 94 valence electrons. The van der Waals surface area contributed by atoms with Gasteiger partial charge >= 0.3 is 5.97 Å². The van der Waals surface area contributed by atoms with E-state index in [2.05, 4.69) is 26.1 Å². The molecule has 0 spiro atoms. The van der Waals surface area contributed by atoms with Crippen LogP contribution in [0.4, 0.5) is 0 Å². The van der Waals surface area contributed by atoms with Crippen molar-refractivity contribution < 1.29 is 9.90 Å².